The zero-order chi connectivity index (χ0) is 70.5. The molecule has 2 saturated carbocycles. The van der Waals surface area contributed by atoms with Crippen LogP contribution in [0.4, 0.5) is 0 Å². The second-order valence-corrected chi connectivity index (χ2v) is 35.6. The van der Waals surface area contributed by atoms with Crippen LogP contribution in [0.2, 0.25) is 0 Å². The first kappa shape index (κ1) is 94.1. The summed E-state index contributed by atoms with van der Waals surface area (Å²) in [5.74, 6) is -0.372. The van der Waals surface area contributed by atoms with Crippen LogP contribution in [0.15, 0.2) is 0 Å². The van der Waals surface area contributed by atoms with Crippen molar-refractivity contribution >= 4 is 0 Å². The summed E-state index contributed by atoms with van der Waals surface area (Å²) in [4.78, 5) is 0. The van der Waals surface area contributed by atoms with Gasteiger partial charge in [0.1, 0.15) is 0 Å². The summed E-state index contributed by atoms with van der Waals surface area (Å²) >= 11 is 0. The molecule has 0 amide bonds. The number of ether oxygens (including phenoxy) is 2. The summed E-state index contributed by atoms with van der Waals surface area (Å²) in [6, 6.07) is 0. The molecular weight excluding hydrogens is 1210 g/mol. The van der Waals surface area contributed by atoms with Gasteiger partial charge >= 0.3 is 0 Å². The normalized spacial score (nSPS) is 27.0. The highest BCUT2D eigenvalue weighted by molar-refractivity contribution is 4.89. The third-order valence-electron chi connectivity index (χ3n) is 25.7. The Kier molecular flexibility index (Phi) is 72.5. The van der Waals surface area contributed by atoms with Crippen molar-refractivity contribution in [3.63, 3.8) is 0 Å². The van der Waals surface area contributed by atoms with Gasteiger partial charge in [-0.1, -0.05) is 539 Å². The predicted molar refractivity (Wildman–Crippen MR) is 448 cm³/mol. The Balaban J connectivity index is 1.50. The highest BCUT2D eigenvalue weighted by atomic mass is 16.7. The second-order valence-electron chi connectivity index (χ2n) is 35.6. The molecule has 2 atom stereocenters. The van der Waals surface area contributed by atoms with E-state index in [1.54, 1.807) is 0 Å². The van der Waals surface area contributed by atoms with Crippen LogP contribution in [0, 0.1) is 5.41 Å². The highest BCUT2D eigenvalue weighted by Gasteiger charge is 2.44. The van der Waals surface area contributed by atoms with E-state index in [2.05, 4.69) is 0 Å². The van der Waals surface area contributed by atoms with Gasteiger partial charge in [0.2, 0.25) is 0 Å². The SMILES string of the molecule is OC1CCCCCCCCCCCCCCCCCCCCCCCCCCCCCCCCCCCCCCCCCCCCCCCCCCCC2(CCCCCCCCCCCCCCCCCCCCCCCCCCCCCCCCCCCC3(C2)OCCO3)CCCCC1. The molecule has 100 heavy (non-hydrogen) atoms. The third-order valence-corrected chi connectivity index (χ3v) is 25.7. The van der Waals surface area contributed by atoms with Crippen LogP contribution >= 0.6 is 0 Å². The average molecular weight is 1400 g/mol. The van der Waals surface area contributed by atoms with Gasteiger partial charge in [-0.2, -0.15) is 0 Å². The lowest BCUT2D eigenvalue weighted by molar-refractivity contribution is -0.189. The summed E-state index contributed by atoms with van der Waals surface area (Å²) in [5.41, 5.74) is 0.302. The van der Waals surface area contributed by atoms with E-state index in [1.807, 2.05) is 0 Å². The predicted octanol–water partition coefficient (Wildman–Crippen LogP) is 35.0. The molecule has 3 nitrogen and oxygen atoms in total. The van der Waals surface area contributed by atoms with Crippen molar-refractivity contribution in [1.82, 2.24) is 0 Å². The molecule has 1 saturated heterocycles. The molecule has 0 aromatic carbocycles. The van der Waals surface area contributed by atoms with Crippen molar-refractivity contribution < 1.29 is 14.6 Å². The molecule has 1 N–H and O–H groups in total. The number of hydrogen-bond donors (Lipinski definition) is 1. The number of aliphatic hydroxyl groups is 1. The summed E-state index contributed by atoms with van der Waals surface area (Å²) in [5, 5.41) is 11.3. The molecule has 0 aromatic rings. The van der Waals surface area contributed by atoms with E-state index in [4.69, 9.17) is 9.47 Å². The maximum absolute atomic E-state index is 11.3. The number of rotatable bonds is 0. The fourth-order valence-electron chi connectivity index (χ4n) is 18.8. The fraction of sp³-hybridized carbons (Fsp3) is 1.00. The molecule has 3 aliphatic rings. The number of aliphatic hydroxyl groups excluding tert-OH is 1. The molecule has 0 aromatic heterocycles. The van der Waals surface area contributed by atoms with E-state index < -0.39 is 0 Å². The summed E-state index contributed by atoms with van der Waals surface area (Å²) < 4.78 is 13.9. The van der Waals surface area contributed by atoms with E-state index in [0.717, 1.165) is 38.9 Å². The molecule has 3 heteroatoms. The van der Waals surface area contributed by atoms with Crippen LogP contribution in [0.25, 0.3) is 0 Å². The molecule has 2 spiro atoms. The molecule has 3 rings (SSSR count). The van der Waals surface area contributed by atoms with Crippen LogP contribution in [0.1, 0.15) is 591 Å². The van der Waals surface area contributed by atoms with Gasteiger partial charge in [0.15, 0.2) is 5.79 Å². The third kappa shape index (κ3) is 65.0. The Morgan fingerprint density at radius 3 is 0.430 bits per heavy atom. The monoisotopic (exact) mass is 1400 g/mol. The summed E-state index contributed by atoms with van der Waals surface area (Å²) in [7, 11) is 0. The first-order valence-electron chi connectivity index (χ1n) is 48.7. The van der Waals surface area contributed by atoms with E-state index >= 15 is 0 Å². The Bertz CT molecular complexity index is 1520. The molecule has 0 radical (unpaired) electrons. The van der Waals surface area contributed by atoms with Crippen molar-refractivity contribution in [3.8, 4) is 0 Å². The molecule has 2 aliphatic carbocycles. The van der Waals surface area contributed by atoms with E-state index in [0.29, 0.717) is 5.41 Å². The lowest BCUT2D eigenvalue weighted by atomic mass is 9.69. The van der Waals surface area contributed by atoms with E-state index in [-0.39, 0.29) is 11.9 Å². The van der Waals surface area contributed by atoms with Crippen molar-refractivity contribution in [2.75, 3.05) is 13.2 Å². The Morgan fingerprint density at radius 1 is 0.150 bits per heavy atom. The zero-order valence-corrected chi connectivity index (χ0v) is 69.3. The minimum absolute atomic E-state index is 0.107. The topological polar surface area (TPSA) is 38.7 Å². The van der Waals surface area contributed by atoms with E-state index in [9.17, 15) is 5.11 Å². The van der Waals surface area contributed by atoms with Crippen molar-refractivity contribution in [1.29, 1.82) is 0 Å². The molecule has 1 aliphatic heterocycles. The molecule has 2 unspecified atom stereocenters. The second kappa shape index (κ2) is 77.1. The van der Waals surface area contributed by atoms with Crippen LogP contribution in [-0.2, 0) is 9.47 Å². The maximum Gasteiger partial charge on any atom is 0.169 e. The molecule has 3 fully saturated rings. The van der Waals surface area contributed by atoms with Gasteiger partial charge in [0.25, 0.3) is 0 Å². The Labute approximate surface area is 632 Å². The van der Waals surface area contributed by atoms with Crippen LogP contribution in [0.5, 0.6) is 0 Å². The Hall–Kier alpha value is -0.120. The lowest BCUT2D eigenvalue weighted by Crippen LogP contribution is -2.39. The smallest absolute Gasteiger partial charge is 0.169 e. The quantitative estimate of drug-likeness (QED) is 0.263. The van der Waals surface area contributed by atoms with Gasteiger partial charge in [-0.25, -0.2) is 0 Å². The Morgan fingerprint density at radius 2 is 0.270 bits per heavy atom. The fourth-order valence-corrected chi connectivity index (χ4v) is 18.8. The van der Waals surface area contributed by atoms with Gasteiger partial charge in [-0.15, -0.1) is 0 Å². The first-order chi connectivity index (χ1) is 49.7. The van der Waals surface area contributed by atoms with Crippen molar-refractivity contribution in [2.24, 2.45) is 5.41 Å². The van der Waals surface area contributed by atoms with Gasteiger partial charge in [0.05, 0.1) is 19.3 Å². The van der Waals surface area contributed by atoms with Crippen LogP contribution in [0.3, 0.4) is 0 Å². The largest absolute Gasteiger partial charge is 0.393 e. The van der Waals surface area contributed by atoms with Crippen molar-refractivity contribution in [2.45, 2.75) is 603 Å². The maximum atomic E-state index is 11.3. The molecule has 596 valence electrons. The molecular formula is C97H190O3. The molecule has 0 bridgehead atoms. The van der Waals surface area contributed by atoms with Gasteiger partial charge in [0, 0.05) is 12.8 Å². The zero-order valence-electron chi connectivity index (χ0n) is 69.3. The van der Waals surface area contributed by atoms with Crippen LogP contribution < -0.4 is 0 Å². The first-order valence-corrected chi connectivity index (χ1v) is 48.7. The minimum Gasteiger partial charge on any atom is -0.393 e. The van der Waals surface area contributed by atoms with Crippen LogP contribution in [-0.4, -0.2) is 30.2 Å². The van der Waals surface area contributed by atoms with E-state index in [1.165, 1.54) is 565 Å². The summed E-state index contributed by atoms with van der Waals surface area (Å²) in [6.07, 6.45) is 131. The standard InChI is InChI=1S/C97H190O3/c98-95-86-80-75-71-67-63-59-55-51-47-43-39-35-31-27-23-19-16-14-12-10-8-6-4-2-1-3-5-7-9-11-13-15-17-20-24-28-32-36-40-44-48-52-56-60-64-68-72-76-82-88-96(90-84-79-81-87-95)89-83-77-73-69-65-61-57-53-49-45-41-37-33-29-25-21-18-22-26-30-34-38-42-46-50-54-58-62-66-70-74-78-85-91-97(94-96)99-92-93-100-97/h95,98H,1-94H2. The molecule has 1 heterocycles. The van der Waals surface area contributed by atoms with Gasteiger partial charge in [-0.05, 0) is 43.9 Å². The highest BCUT2D eigenvalue weighted by Crippen LogP contribution is 2.48. The van der Waals surface area contributed by atoms with Crippen molar-refractivity contribution in [3.05, 3.63) is 0 Å². The average Bonchev–Trinajstić information content (AvgIpc) is 1.52. The number of hydrogen-bond acceptors (Lipinski definition) is 3. The van der Waals surface area contributed by atoms with Gasteiger partial charge in [-0.3, -0.25) is 0 Å². The van der Waals surface area contributed by atoms with Gasteiger partial charge < -0.3 is 14.6 Å². The lowest BCUT2D eigenvalue weighted by Gasteiger charge is -2.42. The minimum atomic E-state index is -0.372. The summed E-state index contributed by atoms with van der Waals surface area (Å²) in [6.45, 7) is 1.57.